The lowest BCUT2D eigenvalue weighted by Crippen LogP contribution is -2.20. The number of nitrogens with one attached hydrogen (secondary N) is 1. The monoisotopic (exact) mass is 382 g/mol. The second-order valence-electron chi connectivity index (χ2n) is 6.01. The minimum absolute atomic E-state index is 0.192. The van der Waals surface area contributed by atoms with E-state index in [1.807, 2.05) is 48.5 Å². The molecular weight excluding hydrogens is 364 g/mol. The van der Waals surface area contributed by atoms with Gasteiger partial charge in [0.15, 0.2) is 18.1 Å². The summed E-state index contributed by atoms with van der Waals surface area (Å²) in [4.78, 5) is 12.2. The van der Waals surface area contributed by atoms with Gasteiger partial charge in [-0.15, -0.1) is 0 Å². The van der Waals surface area contributed by atoms with Crippen molar-refractivity contribution in [3.8, 4) is 29.4 Å². The second kappa shape index (κ2) is 9.64. The zero-order valence-electron chi connectivity index (χ0n) is 15.8. The van der Waals surface area contributed by atoms with E-state index in [-0.39, 0.29) is 12.5 Å². The standard InChI is InChI=1S/C24H18N2O3/c1-28-23-15-20(16-25)12-13-22(23)29-17-24(27)26-21-9-5-8-19(14-21)11-10-18-6-3-2-4-7-18/h2-9,12-15H,17H2,1H3,(H,26,27). The van der Waals surface area contributed by atoms with Gasteiger partial charge < -0.3 is 14.8 Å². The Labute approximate surface area is 169 Å². The van der Waals surface area contributed by atoms with Crippen LogP contribution in [0.2, 0.25) is 0 Å². The highest BCUT2D eigenvalue weighted by molar-refractivity contribution is 5.92. The van der Waals surface area contributed by atoms with Crippen LogP contribution in [0.5, 0.6) is 11.5 Å². The van der Waals surface area contributed by atoms with Gasteiger partial charge in [0.2, 0.25) is 0 Å². The third-order valence-electron chi connectivity index (χ3n) is 3.92. The van der Waals surface area contributed by atoms with E-state index < -0.39 is 0 Å². The molecule has 0 radical (unpaired) electrons. The lowest BCUT2D eigenvalue weighted by molar-refractivity contribution is -0.118. The van der Waals surface area contributed by atoms with Gasteiger partial charge in [-0.25, -0.2) is 0 Å². The summed E-state index contributed by atoms with van der Waals surface area (Å²) in [5.74, 6) is 6.64. The number of hydrogen-bond acceptors (Lipinski definition) is 4. The summed E-state index contributed by atoms with van der Waals surface area (Å²) in [5, 5.41) is 11.7. The first-order valence-electron chi connectivity index (χ1n) is 8.86. The van der Waals surface area contributed by atoms with Crippen LogP contribution in [0, 0.1) is 23.2 Å². The van der Waals surface area contributed by atoms with Gasteiger partial charge in [0.05, 0.1) is 18.7 Å². The van der Waals surface area contributed by atoms with Crippen LogP contribution in [0.3, 0.4) is 0 Å². The Morgan fingerprint density at radius 2 is 1.66 bits per heavy atom. The molecule has 5 heteroatoms. The number of nitriles is 1. The molecule has 0 aromatic heterocycles. The summed E-state index contributed by atoms with van der Waals surface area (Å²) < 4.78 is 10.7. The third-order valence-corrected chi connectivity index (χ3v) is 3.92. The highest BCUT2D eigenvalue weighted by Gasteiger charge is 2.09. The maximum absolute atomic E-state index is 12.2. The van der Waals surface area contributed by atoms with E-state index in [4.69, 9.17) is 14.7 Å². The van der Waals surface area contributed by atoms with Gasteiger partial charge in [-0.2, -0.15) is 5.26 Å². The Hall–Kier alpha value is -4.22. The number of ether oxygens (including phenoxy) is 2. The van der Waals surface area contributed by atoms with E-state index in [0.717, 1.165) is 11.1 Å². The van der Waals surface area contributed by atoms with E-state index >= 15 is 0 Å². The number of amides is 1. The molecule has 0 atom stereocenters. The molecule has 0 aliphatic heterocycles. The molecule has 1 amide bonds. The molecule has 5 nitrogen and oxygen atoms in total. The number of hydrogen-bond donors (Lipinski definition) is 1. The van der Waals surface area contributed by atoms with E-state index in [0.29, 0.717) is 22.7 Å². The number of methoxy groups -OCH3 is 1. The molecular formula is C24H18N2O3. The highest BCUT2D eigenvalue weighted by Crippen LogP contribution is 2.27. The fourth-order valence-electron chi connectivity index (χ4n) is 2.54. The van der Waals surface area contributed by atoms with Crippen LogP contribution in [0.15, 0.2) is 72.8 Å². The summed E-state index contributed by atoms with van der Waals surface area (Å²) >= 11 is 0. The Balaban J connectivity index is 1.62. The van der Waals surface area contributed by atoms with Crippen LogP contribution in [-0.4, -0.2) is 19.6 Å². The summed E-state index contributed by atoms with van der Waals surface area (Å²) in [7, 11) is 1.48. The molecule has 3 rings (SSSR count). The maximum Gasteiger partial charge on any atom is 0.262 e. The van der Waals surface area contributed by atoms with Crippen LogP contribution >= 0.6 is 0 Å². The van der Waals surface area contributed by atoms with Gasteiger partial charge in [-0.3, -0.25) is 4.79 Å². The molecule has 0 aliphatic carbocycles. The molecule has 3 aromatic rings. The second-order valence-corrected chi connectivity index (χ2v) is 6.01. The van der Waals surface area contributed by atoms with Crippen molar-refractivity contribution in [3.05, 3.63) is 89.5 Å². The quantitative estimate of drug-likeness (QED) is 0.678. The van der Waals surface area contributed by atoms with Gasteiger partial charge in [0, 0.05) is 22.9 Å². The van der Waals surface area contributed by atoms with E-state index in [1.165, 1.54) is 7.11 Å². The first-order chi connectivity index (χ1) is 14.2. The smallest absolute Gasteiger partial charge is 0.262 e. The third kappa shape index (κ3) is 5.63. The molecule has 0 bridgehead atoms. The molecule has 29 heavy (non-hydrogen) atoms. The predicted molar refractivity (Wildman–Crippen MR) is 111 cm³/mol. The summed E-state index contributed by atoms with van der Waals surface area (Å²) in [5.41, 5.74) is 2.80. The average molecular weight is 382 g/mol. The number of benzene rings is 3. The molecule has 1 N–H and O–H groups in total. The summed E-state index contributed by atoms with van der Waals surface area (Å²) in [6.45, 7) is -0.192. The molecule has 0 spiro atoms. The van der Waals surface area contributed by atoms with Crippen molar-refractivity contribution in [2.75, 3.05) is 19.0 Å². The van der Waals surface area contributed by atoms with Crippen LogP contribution in [0.4, 0.5) is 5.69 Å². The van der Waals surface area contributed by atoms with Crippen molar-refractivity contribution >= 4 is 11.6 Å². The van der Waals surface area contributed by atoms with Crippen molar-refractivity contribution in [2.45, 2.75) is 0 Å². The molecule has 0 fully saturated rings. The first-order valence-corrected chi connectivity index (χ1v) is 8.86. The Kier molecular flexibility index (Phi) is 6.49. The minimum atomic E-state index is -0.315. The van der Waals surface area contributed by atoms with Crippen molar-refractivity contribution in [2.24, 2.45) is 0 Å². The molecule has 3 aromatic carbocycles. The van der Waals surface area contributed by atoms with Crippen LogP contribution in [-0.2, 0) is 4.79 Å². The molecule has 0 aliphatic rings. The number of anilines is 1. The van der Waals surface area contributed by atoms with Gasteiger partial charge in [-0.1, -0.05) is 36.1 Å². The Bertz CT molecular complexity index is 1110. The van der Waals surface area contributed by atoms with Crippen molar-refractivity contribution in [3.63, 3.8) is 0 Å². The molecule has 0 saturated carbocycles. The van der Waals surface area contributed by atoms with Gasteiger partial charge in [-0.05, 0) is 42.5 Å². The van der Waals surface area contributed by atoms with E-state index in [9.17, 15) is 4.79 Å². The topological polar surface area (TPSA) is 71.3 Å². The summed E-state index contributed by atoms with van der Waals surface area (Å²) in [6, 6.07) is 23.8. The number of carbonyl (C=O) groups excluding carboxylic acids is 1. The van der Waals surface area contributed by atoms with E-state index in [2.05, 4.69) is 17.2 Å². The Morgan fingerprint density at radius 3 is 2.41 bits per heavy atom. The van der Waals surface area contributed by atoms with Gasteiger partial charge in [0.1, 0.15) is 0 Å². The largest absolute Gasteiger partial charge is 0.493 e. The molecule has 142 valence electrons. The number of nitrogens with zero attached hydrogens (tertiary/aromatic N) is 1. The SMILES string of the molecule is COc1cc(C#N)ccc1OCC(=O)Nc1cccc(C#Cc2ccccc2)c1. The number of carbonyl (C=O) groups is 1. The molecule has 0 saturated heterocycles. The van der Waals surface area contributed by atoms with Crippen LogP contribution < -0.4 is 14.8 Å². The normalized spacial score (nSPS) is 9.52. The van der Waals surface area contributed by atoms with Gasteiger partial charge in [0.25, 0.3) is 5.91 Å². The minimum Gasteiger partial charge on any atom is -0.493 e. The highest BCUT2D eigenvalue weighted by atomic mass is 16.5. The van der Waals surface area contributed by atoms with Crippen molar-refractivity contribution in [1.82, 2.24) is 0 Å². The maximum atomic E-state index is 12.2. The zero-order valence-corrected chi connectivity index (χ0v) is 15.8. The fraction of sp³-hybridized carbons (Fsp3) is 0.0833. The van der Waals surface area contributed by atoms with Crippen molar-refractivity contribution < 1.29 is 14.3 Å². The molecule has 0 heterocycles. The Morgan fingerprint density at radius 1 is 0.897 bits per heavy atom. The van der Waals surface area contributed by atoms with Crippen LogP contribution in [0.25, 0.3) is 0 Å². The van der Waals surface area contributed by atoms with Crippen LogP contribution in [0.1, 0.15) is 16.7 Å². The van der Waals surface area contributed by atoms with Gasteiger partial charge >= 0.3 is 0 Å². The van der Waals surface area contributed by atoms with Crippen molar-refractivity contribution in [1.29, 1.82) is 5.26 Å². The molecule has 0 unspecified atom stereocenters. The first kappa shape index (κ1) is 19.5. The average Bonchev–Trinajstić information content (AvgIpc) is 2.77. The van der Waals surface area contributed by atoms with E-state index in [1.54, 1.807) is 30.3 Å². The summed E-state index contributed by atoms with van der Waals surface area (Å²) in [6.07, 6.45) is 0. The predicted octanol–water partition coefficient (Wildman–Crippen LogP) is 3.98. The zero-order chi connectivity index (χ0) is 20.5. The lowest BCUT2D eigenvalue weighted by atomic mass is 10.1. The fourth-order valence-corrected chi connectivity index (χ4v) is 2.54. The number of rotatable bonds is 5. The lowest BCUT2D eigenvalue weighted by Gasteiger charge is -2.11.